The predicted molar refractivity (Wildman–Crippen MR) is 86.6 cm³/mol. The molecule has 0 radical (unpaired) electrons. The largest absolute Gasteiger partial charge is 0.383 e. The van der Waals surface area contributed by atoms with Crippen LogP contribution in [0, 0.1) is 12.8 Å². The van der Waals surface area contributed by atoms with Crippen molar-refractivity contribution in [2.24, 2.45) is 5.92 Å². The Kier molecular flexibility index (Phi) is 4.02. The average molecular weight is 289 g/mol. The molecule has 1 saturated heterocycles. The summed E-state index contributed by atoms with van der Waals surface area (Å²) < 4.78 is 0. The Morgan fingerprint density at radius 1 is 1.14 bits per heavy atom. The highest BCUT2D eigenvalue weighted by Gasteiger charge is 2.29. The number of hydrogen-bond acceptors (Lipinski definition) is 5. The third-order valence-corrected chi connectivity index (χ3v) is 4.65. The van der Waals surface area contributed by atoms with Crippen molar-refractivity contribution >= 4 is 11.6 Å². The van der Waals surface area contributed by atoms with Crippen LogP contribution < -0.4 is 10.6 Å². The normalized spacial score (nSPS) is 20.3. The van der Waals surface area contributed by atoms with Crippen LogP contribution >= 0.6 is 0 Å². The first kappa shape index (κ1) is 14.6. The number of anilines is 2. The highest BCUT2D eigenvalue weighted by molar-refractivity contribution is 5.57. The zero-order valence-corrected chi connectivity index (χ0v) is 13.5. The molecule has 5 nitrogen and oxygen atoms in total. The minimum atomic E-state index is 0.554. The van der Waals surface area contributed by atoms with Crippen LogP contribution in [0.5, 0.6) is 0 Å². The van der Waals surface area contributed by atoms with Gasteiger partial charge in [0.1, 0.15) is 17.5 Å². The SMILES string of the molecule is Cc1c(N)nc(C2CC2)nc1N1CCC(CN(C)C)CC1. The smallest absolute Gasteiger partial charge is 0.137 e. The third kappa shape index (κ3) is 3.28. The highest BCUT2D eigenvalue weighted by Crippen LogP contribution is 2.40. The summed E-state index contributed by atoms with van der Waals surface area (Å²) in [7, 11) is 4.31. The molecule has 1 aromatic heterocycles. The topological polar surface area (TPSA) is 58.3 Å². The molecule has 0 atom stereocenters. The van der Waals surface area contributed by atoms with Crippen molar-refractivity contribution in [2.75, 3.05) is 44.4 Å². The van der Waals surface area contributed by atoms with Crippen LogP contribution in [0.1, 0.15) is 43.0 Å². The van der Waals surface area contributed by atoms with Gasteiger partial charge in [-0.25, -0.2) is 9.97 Å². The van der Waals surface area contributed by atoms with Crippen LogP contribution in [0.2, 0.25) is 0 Å². The third-order valence-electron chi connectivity index (χ3n) is 4.65. The van der Waals surface area contributed by atoms with E-state index in [0.29, 0.717) is 11.7 Å². The van der Waals surface area contributed by atoms with Gasteiger partial charge in [0, 0.05) is 31.1 Å². The second-order valence-corrected chi connectivity index (χ2v) is 6.88. The number of nitrogen functional groups attached to an aromatic ring is 1. The van der Waals surface area contributed by atoms with Crippen LogP contribution in [0.25, 0.3) is 0 Å². The van der Waals surface area contributed by atoms with Gasteiger partial charge in [0.2, 0.25) is 0 Å². The predicted octanol–water partition coefficient (Wildman–Crippen LogP) is 2.02. The first-order valence-corrected chi connectivity index (χ1v) is 8.08. The monoisotopic (exact) mass is 289 g/mol. The fraction of sp³-hybridized carbons (Fsp3) is 0.750. The molecule has 5 heteroatoms. The maximum Gasteiger partial charge on any atom is 0.137 e. The Morgan fingerprint density at radius 3 is 2.38 bits per heavy atom. The Bertz CT molecular complexity index is 502. The van der Waals surface area contributed by atoms with Gasteiger partial charge in [0.05, 0.1) is 0 Å². The fourth-order valence-electron chi connectivity index (χ4n) is 3.21. The summed E-state index contributed by atoms with van der Waals surface area (Å²) in [4.78, 5) is 14.0. The van der Waals surface area contributed by atoms with E-state index in [2.05, 4.69) is 28.9 Å². The van der Waals surface area contributed by atoms with E-state index in [4.69, 9.17) is 10.7 Å². The van der Waals surface area contributed by atoms with E-state index in [9.17, 15) is 0 Å². The van der Waals surface area contributed by atoms with Gasteiger partial charge in [-0.3, -0.25) is 0 Å². The second-order valence-electron chi connectivity index (χ2n) is 6.88. The maximum absolute atomic E-state index is 6.10. The van der Waals surface area contributed by atoms with Gasteiger partial charge in [0.25, 0.3) is 0 Å². The number of piperidine rings is 1. The molecule has 1 saturated carbocycles. The molecule has 1 aromatic rings. The lowest BCUT2D eigenvalue weighted by atomic mass is 9.96. The first-order chi connectivity index (χ1) is 10.0. The molecule has 0 bridgehead atoms. The van der Waals surface area contributed by atoms with Crippen LogP contribution in [-0.2, 0) is 0 Å². The van der Waals surface area contributed by atoms with Gasteiger partial charge >= 0.3 is 0 Å². The first-order valence-electron chi connectivity index (χ1n) is 8.08. The van der Waals surface area contributed by atoms with Gasteiger partial charge in [-0.1, -0.05) is 0 Å². The molecule has 3 rings (SSSR count). The minimum absolute atomic E-state index is 0.554. The number of nitrogens with zero attached hydrogens (tertiary/aromatic N) is 4. The van der Waals surface area contributed by atoms with E-state index in [1.165, 1.54) is 32.2 Å². The molecule has 21 heavy (non-hydrogen) atoms. The molecular formula is C16H27N5. The van der Waals surface area contributed by atoms with E-state index in [0.717, 1.165) is 36.2 Å². The van der Waals surface area contributed by atoms with E-state index >= 15 is 0 Å². The number of nitrogens with two attached hydrogens (primary N) is 1. The molecular weight excluding hydrogens is 262 g/mol. The molecule has 1 aliphatic heterocycles. The van der Waals surface area contributed by atoms with Crippen LogP contribution in [0.3, 0.4) is 0 Å². The van der Waals surface area contributed by atoms with Crippen molar-refractivity contribution in [2.45, 2.75) is 38.5 Å². The van der Waals surface area contributed by atoms with Gasteiger partial charge in [-0.2, -0.15) is 0 Å². The minimum Gasteiger partial charge on any atom is -0.383 e. The van der Waals surface area contributed by atoms with E-state index in [1.807, 2.05) is 6.92 Å². The number of aromatic nitrogens is 2. The van der Waals surface area contributed by atoms with Crippen molar-refractivity contribution in [1.29, 1.82) is 0 Å². The zero-order valence-electron chi connectivity index (χ0n) is 13.5. The molecule has 0 amide bonds. The van der Waals surface area contributed by atoms with Crippen LogP contribution in [-0.4, -0.2) is 48.6 Å². The molecule has 0 unspecified atom stereocenters. The highest BCUT2D eigenvalue weighted by atomic mass is 15.2. The van der Waals surface area contributed by atoms with Crippen molar-refractivity contribution in [3.8, 4) is 0 Å². The standard InChI is InChI=1S/C16H27N5/c1-11-14(17)18-15(13-4-5-13)19-16(11)21-8-6-12(7-9-21)10-20(2)3/h12-13H,4-10H2,1-3H3,(H2,17,18,19). The van der Waals surface area contributed by atoms with Crippen molar-refractivity contribution in [1.82, 2.24) is 14.9 Å². The summed E-state index contributed by atoms with van der Waals surface area (Å²) in [6.07, 6.45) is 4.90. The Hall–Kier alpha value is -1.36. The lowest BCUT2D eigenvalue weighted by Gasteiger charge is -2.34. The average Bonchev–Trinajstić information content (AvgIpc) is 3.26. The Labute approximate surface area is 127 Å². The summed E-state index contributed by atoms with van der Waals surface area (Å²) in [5.74, 6) is 4.06. The summed E-state index contributed by atoms with van der Waals surface area (Å²) >= 11 is 0. The Morgan fingerprint density at radius 2 is 1.81 bits per heavy atom. The maximum atomic E-state index is 6.10. The quantitative estimate of drug-likeness (QED) is 0.919. The van der Waals surface area contributed by atoms with E-state index in [1.54, 1.807) is 0 Å². The molecule has 0 aromatic carbocycles. The summed E-state index contributed by atoms with van der Waals surface area (Å²) in [6, 6.07) is 0. The number of hydrogen-bond donors (Lipinski definition) is 1. The molecule has 2 N–H and O–H groups in total. The Balaban J connectivity index is 1.72. The molecule has 1 aliphatic carbocycles. The second kappa shape index (κ2) is 5.79. The lowest BCUT2D eigenvalue weighted by Crippen LogP contribution is -2.38. The summed E-state index contributed by atoms with van der Waals surface area (Å²) in [5, 5.41) is 0. The zero-order chi connectivity index (χ0) is 15.0. The van der Waals surface area contributed by atoms with Crippen LogP contribution in [0.15, 0.2) is 0 Å². The molecule has 116 valence electrons. The van der Waals surface area contributed by atoms with E-state index in [-0.39, 0.29) is 0 Å². The van der Waals surface area contributed by atoms with E-state index < -0.39 is 0 Å². The summed E-state index contributed by atoms with van der Waals surface area (Å²) in [5.41, 5.74) is 7.15. The van der Waals surface area contributed by atoms with Crippen LogP contribution in [0.4, 0.5) is 11.6 Å². The number of rotatable bonds is 4. The van der Waals surface area contributed by atoms with Gasteiger partial charge in [-0.05, 0) is 52.6 Å². The van der Waals surface area contributed by atoms with Crippen molar-refractivity contribution in [3.63, 3.8) is 0 Å². The van der Waals surface area contributed by atoms with Crippen molar-refractivity contribution < 1.29 is 0 Å². The molecule has 2 heterocycles. The summed E-state index contributed by atoms with van der Waals surface area (Å²) in [6.45, 7) is 5.40. The van der Waals surface area contributed by atoms with Gasteiger partial charge in [-0.15, -0.1) is 0 Å². The molecule has 2 fully saturated rings. The van der Waals surface area contributed by atoms with Crippen molar-refractivity contribution in [3.05, 3.63) is 11.4 Å². The molecule has 0 spiro atoms. The lowest BCUT2D eigenvalue weighted by molar-refractivity contribution is 0.284. The van der Waals surface area contributed by atoms with Gasteiger partial charge < -0.3 is 15.5 Å². The molecule has 2 aliphatic rings. The fourth-order valence-corrected chi connectivity index (χ4v) is 3.21. The van der Waals surface area contributed by atoms with Gasteiger partial charge in [0.15, 0.2) is 0 Å².